The molecule has 0 aliphatic rings. The van der Waals surface area contributed by atoms with Crippen LogP contribution >= 0.6 is 11.8 Å². The minimum absolute atomic E-state index is 0.131. The predicted octanol–water partition coefficient (Wildman–Crippen LogP) is 3.39. The lowest BCUT2D eigenvalue weighted by atomic mass is 10.1. The maximum Gasteiger partial charge on any atom is 0.231 e. The molecule has 6 heteroatoms. The van der Waals surface area contributed by atoms with Crippen LogP contribution in [0.4, 0.5) is 0 Å². The van der Waals surface area contributed by atoms with Crippen LogP contribution in [0.2, 0.25) is 0 Å². The second-order valence-corrected chi connectivity index (χ2v) is 7.06. The number of nitrogens with one attached hydrogen (secondary N) is 1. The van der Waals surface area contributed by atoms with E-state index in [2.05, 4.69) is 21.4 Å². The van der Waals surface area contributed by atoms with E-state index in [9.17, 15) is 4.79 Å². The molecule has 0 fully saturated rings. The smallest absolute Gasteiger partial charge is 0.231 e. The van der Waals surface area contributed by atoms with Crippen LogP contribution in [0.1, 0.15) is 11.1 Å². The van der Waals surface area contributed by atoms with Crippen LogP contribution in [-0.2, 0) is 4.79 Å². The highest BCUT2D eigenvalue weighted by molar-refractivity contribution is 7.99. The SMILES string of the molecule is C#CCNC(=O)CSc1nnc(-c2ccc(C)cc2)n1-c1ccc(C)cc1. The number of thioether (sulfide) groups is 1. The molecule has 3 aromatic rings. The minimum Gasteiger partial charge on any atom is -0.344 e. The van der Waals surface area contributed by atoms with Crippen LogP contribution in [0.15, 0.2) is 53.7 Å². The second-order valence-electron chi connectivity index (χ2n) is 6.11. The highest BCUT2D eigenvalue weighted by atomic mass is 32.2. The van der Waals surface area contributed by atoms with Gasteiger partial charge in [-0.3, -0.25) is 9.36 Å². The molecule has 0 unspecified atom stereocenters. The molecule has 0 spiro atoms. The van der Waals surface area contributed by atoms with Crippen LogP contribution in [0.25, 0.3) is 17.1 Å². The fraction of sp³-hybridized carbons (Fsp3) is 0.190. The number of carbonyl (C=O) groups is 1. The Balaban J connectivity index is 1.96. The van der Waals surface area contributed by atoms with Crippen molar-refractivity contribution in [1.82, 2.24) is 20.1 Å². The number of nitrogens with zero attached hydrogens (tertiary/aromatic N) is 3. The van der Waals surface area contributed by atoms with Crippen LogP contribution < -0.4 is 5.32 Å². The minimum atomic E-state index is -0.131. The maximum atomic E-state index is 11.9. The van der Waals surface area contributed by atoms with Crippen molar-refractivity contribution in [3.63, 3.8) is 0 Å². The molecule has 27 heavy (non-hydrogen) atoms. The molecule has 0 saturated carbocycles. The summed E-state index contributed by atoms with van der Waals surface area (Å²) in [5.41, 5.74) is 4.27. The number of hydrogen-bond donors (Lipinski definition) is 1. The summed E-state index contributed by atoms with van der Waals surface area (Å²) in [6.07, 6.45) is 5.18. The molecular formula is C21H20N4OS. The van der Waals surface area contributed by atoms with Crippen molar-refractivity contribution in [2.75, 3.05) is 12.3 Å². The summed E-state index contributed by atoms with van der Waals surface area (Å²) in [5, 5.41) is 12.0. The Hall–Kier alpha value is -3.04. The van der Waals surface area contributed by atoms with Crippen molar-refractivity contribution < 1.29 is 4.79 Å². The lowest BCUT2D eigenvalue weighted by molar-refractivity contribution is -0.118. The lowest BCUT2D eigenvalue weighted by Gasteiger charge is -2.11. The molecular weight excluding hydrogens is 356 g/mol. The normalized spacial score (nSPS) is 10.4. The van der Waals surface area contributed by atoms with E-state index in [1.54, 1.807) is 0 Å². The largest absolute Gasteiger partial charge is 0.344 e. The molecule has 0 bridgehead atoms. The quantitative estimate of drug-likeness (QED) is 0.529. The summed E-state index contributed by atoms with van der Waals surface area (Å²) in [5.74, 6) is 3.23. The molecule has 2 aromatic carbocycles. The highest BCUT2D eigenvalue weighted by Gasteiger charge is 2.17. The average molecular weight is 376 g/mol. The Labute approximate surface area is 163 Å². The molecule has 0 atom stereocenters. The van der Waals surface area contributed by atoms with Crippen molar-refractivity contribution in [3.8, 4) is 29.4 Å². The number of aryl methyl sites for hydroxylation is 2. The molecule has 5 nitrogen and oxygen atoms in total. The molecule has 1 amide bonds. The number of carbonyl (C=O) groups excluding carboxylic acids is 1. The topological polar surface area (TPSA) is 59.8 Å². The molecule has 0 saturated heterocycles. The molecule has 1 heterocycles. The van der Waals surface area contributed by atoms with E-state index in [4.69, 9.17) is 6.42 Å². The van der Waals surface area contributed by atoms with E-state index in [-0.39, 0.29) is 18.2 Å². The Morgan fingerprint density at radius 3 is 2.33 bits per heavy atom. The number of terminal acetylenes is 1. The third-order valence-electron chi connectivity index (χ3n) is 3.96. The van der Waals surface area contributed by atoms with Crippen LogP contribution in [-0.4, -0.2) is 33.0 Å². The summed E-state index contributed by atoms with van der Waals surface area (Å²) < 4.78 is 1.98. The van der Waals surface area contributed by atoms with Crippen LogP contribution in [0, 0.1) is 26.2 Å². The Kier molecular flexibility index (Phi) is 5.94. The molecule has 0 aliphatic heterocycles. The standard InChI is InChI=1S/C21H20N4OS/c1-4-13-22-19(26)14-27-21-24-23-20(17-9-5-15(2)6-10-17)25(21)18-11-7-16(3)8-12-18/h1,5-12H,13-14H2,2-3H3,(H,22,26). The maximum absolute atomic E-state index is 11.9. The lowest BCUT2D eigenvalue weighted by Crippen LogP contribution is -2.25. The number of hydrogen-bond acceptors (Lipinski definition) is 4. The van der Waals surface area contributed by atoms with E-state index in [0.29, 0.717) is 5.16 Å². The van der Waals surface area contributed by atoms with Gasteiger partial charge < -0.3 is 5.32 Å². The molecule has 0 radical (unpaired) electrons. The second kappa shape index (κ2) is 8.56. The van der Waals surface area contributed by atoms with Gasteiger partial charge in [-0.2, -0.15) is 0 Å². The molecule has 1 aromatic heterocycles. The number of amides is 1. The summed E-state index contributed by atoms with van der Waals surface area (Å²) in [6, 6.07) is 16.3. The van der Waals surface area contributed by atoms with Crippen LogP contribution in [0.5, 0.6) is 0 Å². The average Bonchev–Trinajstić information content (AvgIpc) is 3.10. The first-order valence-corrected chi connectivity index (χ1v) is 9.49. The van der Waals surface area contributed by atoms with E-state index in [1.807, 2.05) is 66.9 Å². The Morgan fingerprint density at radius 2 is 1.70 bits per heavy atom. The van der Waals surface area contributed by atoms with Gasteiger partial charge in [-0.15, -0.1) is 16.6 Å². The molecule has 136 valence electrons. The predicted molar refractivity (Wildman–Crippen MR) is 109 cm³/mol. The Morgan fingerprint density at radius 1 is 1.07 bits per heavy atom. The van der Waals surface area contributed by atoms with Gasteiger partial charge in [0, 0.05) is 11.3 Å². The van der Waals surface area contributed by atoms with Crippen molar-refractivity contribution in [2.45, 2.75) is 19.0 Å². The van der Waals surface area contributed by atoms with E-state index in [1.165, 1.54) is 22.9 Å². The first kappa shape index (κ1) is 18.7. The number of rotatable bonds is 6. The zero-order valence-electron chi connectivity index (χ0n) is 15.3. The monoisotopic (exact) mass is 376 g/mol. The first-order chi connectivity index (χ1) is 13.1. The number of benzene rings is 2. The Bertz CT molecular complexity index is 969. The third-order valence-corrected chi connectivity index (χ3v) is 4.88. The zero-order chi connectivity index (χ0) is 19.2. The van der Waals surface area contributed by atoms with Gasteiger partial charge >= 0.3 is 0 Å². The summed E-state index contributed by atoms with van der Waals surface area (Å²) in [4.78, 5) is 11.9. The van der Waals surface area contributed by atoms with Gasteiger partial charge in [-0.1, -0.05) is 65.2 Å². The van der Waals surface area contributed by atoms with E-state index in [0.717, 1.165) is 17.1 Å². The zero-order valence-corrected chi connectivity index (χ0v) is 16.1. The van der Waals surface area contributed by atoms with Gasteiger partial charge in [0.25, 0.3) is 0 Å². The molecule has 3 rings (SSSR count). The van der Waals surface area contributed by atoms with Crippen LogP contribution in [0.3, 0.4) is 0 Å². The summed E-state index contributed by atoms with van der Waals surface area (Å²) >= 11 is 1.33. The van der Waals surface area contributed by atoms with E-state index >= 15 is 0 Å². The molecule has 1 N–H and O–H groups in total. The van der Waals surface area contributed by atoms with Gasteiger partial charge in [0.05, 0.1) is 12.3 Å². The van der Waals surface area contributed by atoms with Crippen molar-refractivity contribution in [1.29, 1.82) is 0 Å². The molecule has 0 aliphatic carbocycles. The van der Waals surface area contributed by atoms with Gasteiger partial charge in [0.15, 0.2) is 11.0 Å². The summed E-state index contributed by atoms with van der Waals surface area (Å²) in [7, 11) is 0. The fourth-order valence-corrected chi connectivity index (χ4v) is 3.29. The third kappa shape index (κ3) is 4.57. The summed E-state index contributed by atoms with van der Waals surface area (Å²) in [6.45, 7) is 4.31. The fourth-order valence-electron chi connectivity index (χ4n) is 2.51. The van der Waals surface area contributed by atoms with Crippen molar-refractivity contribution in [2.24, 2.45) is 0 Å². The van der Waals surface area contributed by atoms with Gasteiger partial charge in [0.1, 0.15) is 0 Å². The highest BCUT2D eigenvalue weighted by Crippen LogP contribution is 2.28. The van der Waals surface area contributed by atoms with Gasteiger partial charge in [0.2, 0.25) is 5.91 Å². The van der Waals surface area contributed by atoms with E-state index < -0.39 is 0 Å². The number of aromatic nitrogens is 3. The first-order valence-electron chi connectivity index (χ1n) is 8.51. The van der Waals surface area contributed by atoms with Gasteiger partial charge in [-0.25, -0.2) is 0 Å². The van der Waals surface area contributed by atoms with Crippen molar-refractivity contribution >= 4 is 17.7 Å². The van der Waals surface area contributed by atoms with Gasteiger partial charge in [-0.05, 0) is 26.0 Å². The van der Waals surface area contributed by atoms with Crippen molar-refractivity contribution in [3.05, 3.63) is 59.7 Å².